The number of nitrogens with zero attached hydrogens (tertiary/aromatic N) is 2. The van der Waals surface area contributed by atoms with E-state index in [1.54, 1.807) is 0 Å². The third-order valence-corrected chi connectivity index (χ3v) is 3.15. The van der Waals surface area contributed by atoms with E-state index in [0.717, 1.165) is 12.8 Å². The summed E-state index contributed by atoms with van der Waals surface area (Å²) < 4.78 is 5.04. The van der Waals surface area contributed by atoms with E-state index in [4.69, 9.17) is 4.74 Å². The summed E-state index contributed by atoms with van der Waals surface area (Å²) in [7, 11) is 1.50. The average Bonchev–Trinajstić information content (AvgIpc) is 2.75. The third-order valence-electron chi connectivity index (χ3n) is 3.15. The van der Waals surface area contributed by atoms with Crippen LogP contribution in [0.5, 0.6) is 5.88 Å². The number of carbonyl (C=O) groups excluding carboxylic acids is 1. The first-order valence-corrected chi connectivity index (χ1v) is 6.10. The Labute approximate surface area is 106 Å². The first kappa shape index (κ1) is 12.6. The van der Waals surface area contributed by atoms with Gasteiger partial charge in [-0.3, -0.25) is 0 Å². The number of urea groups is 1. The number of ether oxygens (including phenoxy) is 1. The minimum atomic E-state index is -0.234. The Hall–Kier alpha value is -1.85. The van der Waals surface area contributed by atoms with Gasteiger partial charge >= 0.3 is 6.03 Å². The lowest BCUT2D eigenvalue weighted by molar-refractivity contribution is 0.248. The van der Waals surface area contributed by atoms with Crippen LogP contribution < -0.4 is 15.4 Å². The quantitative estimate of drug-likeness (QED) is 0.857. The van der Waals surface area contributed by atoms with E-state index in [1.165, 1.54) is 26.1 Å². The zero-order chi connectivity index (χ0) is 13.0. The van der Waals surface area contributed by atoms with Crippen LogP contribution in [-0.4, -0.2) is 29.2 Å². The Morgan fingerprint density at radius 2 is 2.33 bits per heavy atom. The highest BCUT2D eigenvalue weighted by molar-refractivity contribution is 5.90. The van der Waals surface area contributed by atoms with Gasteiger partial charge in [-0.15, -0.1) is 0 Å². The van der Waals surface area contributed by atoms with E-state index in [2.05, 4.69) is 27.5 Å². The fourth-order valence-corrected chi connectivity index (χ4v) is 2.25. The molecule has 1 aliphatic carbocycles. The minimum absolute atomic E-state index is 0.234. The molecule has 2 atom stereocenters. The number of carbonyl (C=O) groups is 1. The molecule has 2 amide bonds. The van der Waals surface area contributed by atoms with Crippen molar-refractivity contribution in [2.45, 2.75) is 32.2 Å². The standard InChI is InChI=1S/C12H18N4O2/c1-8-3-4-9(5-8)15-12(17)16-10-6-13-7-14-11(10)18-2/h6-9H,3-5H2,1-2H3,(H2,15,16,17)/t8-,9+/m0/s1. The summed E-state index contributed by atoms with van der Waals surface area (Å²) in [6.45, 7) is 2.20. The van der Waals surface area contributed by atoms with Crippen LogP contribution >= 0.6 is 0 Å². The van der Waals surface area contributed by atoms with Crippen molar-refractivity contribution in [2.75, 3.05) is 12.4 Å². The number of amides is 2. The van der Waals surface area contributed by atoms with Crippen LogP contribution in [0.15, 0.2) is 12.5 Å². The van der Waals surface area contributed by atoms with Crippen LogP contribution in [0, 0.1) is 5.92 Å². The molecule has 6 nitrogen and oxygen atoms in total. The molecular weight excluding hydrogens is 232 g/mol. The molecule has 0 spiro atoms. The summed E-state index contributed by atoms with van der Waals surface area (Å²) in [5.74, 6) is 1.05. The maximum atomic E-state index is 11.8. The Kier molecular flexibility index (Phi) is 3.96. The number of methoxy groups -OCH3 is 1. The predicted molar refractivity (Wildman–Crippen MR) is 67.5 cm³/mol. The van der Waals surface area contributed by atoms with Gasteiger partial charge in [0.2, 0.25) is 5.88 Å². The lowest BCUT2D eigenvalue weighted by Crippen LogP contribution is -2.36. The summed E-state index contributed by atoms with van der Waals surface area (Å²) in [6, 6.07) is 0.0258. The van der Waals surface area contributed by atoms with Gasteiger partial charge in [-0.1, -0.05) is 6.92 Å². The van der Waals surface area contributed by atoms with Crippen molar-refractivity contribution < 1.29 is 9.53 Å². The third kappa shape index (κ3) is 3.09. The second-order valence-electron chi connectivity index (χ2n) is 4.66. The molecule has 18 heavy (non-hydrogen) atoms. The van der Waals surface area contributed by atoms with E-state index in [0.29, 0.717) is 17.5 Å². The summed E-state index contributed by atoms with van der Waals surface area (Å²) in [6.07, 6.45) is 6.14. The molecule has 0 radical (unpaired) electrons. The molecule has 2 rings (SSSR count). The lowest BCUT2D eigenvalue weighted by Gasteiger charge is -2.14. The molecule has 1 fully saturated rings. The topological polar surface area (TPSA) is 76.1 Å². The molecule has 1 aliphatic rings. The molecule has 1 saturated carbocycles. The van der Waals surface area contributed by atoms with Gasteiger partial charge in [-0.25, -0.2) is 9.78 Å². The maximum absolute atomic E-state index is 11.8. The molecule has 2 N–H and O–H groups in total. The Balaban J connectivity index is 1.91. The summed E-state index contributed by atoms with van der Waals surface area (Å²) in [5.41, 5.74) is 0.476. The second-order valence-corrected chi connectivity index (χ2v) is 4.66. The molecule has 0 aromatic carbocycles. The minimum Gasteiger partial charge on any atom is -0.479 e. The van der Waals surface area contributed by atoms with Crippen molar-refractivity contribution in [1.82, 2.24) is 15.3 Å². The number of hydrogen-bond acceptors (Lipinski definition) is 4. The highest BCUT2D eigenvalue weighted by Gasteiger charge is 2.22. The number of aromatic nitrogens is 2. The molecule has 0 bridgehead atoms. The van der Waals surface area contributed by atoms with Gasteiger partial charge in [0.05, 0.1) is 13.3 Å². The van der Waals surface area contributed by atoms with Crippen LogP contribution in [0.3, 0.4) is 0 Å². The molecule has 1 heterocycles. The van der Waals surface area contributed by atoms with E-state index < -0.39 is 0 Å². The van der Waals surface area contributed by atoms with Gasteiger partial charge in [-0.2, -0.15) is 4.98 Å². The van der Waals surface area contributed by atoms with Crippen LogP contribution in [0.1, 0.15) is 26.2 Å². The van der Waals surface area contributed by atoms with E-state index >= 15 is 0 Å². The number of anilines is 1. The highest BCUT2D eigenvalue weighted by atomic mass is 16.5. The van der Waals surface area contributed by atoms with Gasteiger partial charge in [-0.05, 0) is 25.2 Å². The second kappa shape index (κ2) is 5.66. The predicted octanol–water partition coefficient (Wildman–Crippen LogP) is 1.80. The Morgan fingerprint density at radius 3 is 3.00 bits per heavy atom. The molecule has 0 aliphatic heterocycles. The molecule has 6 heteroatoms. The smallest absolute Gasteiger partial charge is 0.319 e. The fraction of sp³-hybridized carbons (Fsp3) is 0.583. The first-order chi connectivity index (χ1) is 8.69. The van der Waals surface area contributed by atoms with E-state index in [-0.39, 0.29) is 12.1 Å². The van der Waals surface area contributed by atoms with Crippen LogP contribution in [0.4, 0.5) is 10.5 Å². The normalized spacial score (nSPS) is 22.6. The molecular formula is C12H18N4O2. The van der Waals surface area contributed by atoms with Crippen LogP contribution in [0.2, 0.25) is 0 Å². The van der Waals surface area contributed by atoms with E-state index in [9.17, 15) is 4.79 Å². The maximum Gasteiger partial charge on any atom is 0.319 e. The molecule has 1 aromatic heterocycles. The molecule has 0 saturated heterocycles. The van der Waals surface area contributed by atoms with Gasteiger partial charge in [0, 0.05) is 6.04 Å². The van der Waals surface area contributed by atoms with Gasteiger partial charge in [0.25, 0.3) is 0 Å². The van der Waals surface area contributed by atoms with Crippen molar-refractivity contribution in [3.8, 4) is 5.88 Å². The van der Waals surface area contributed by atoms with Gasteiger partial charge < -0.3 is 15.4 Å². The summed E-state index contributed by atoms with van der Waals surface area (Å²) in [5, 5.41) is 5.65. The number of hydrogen-bond donors (Lipinski definition) is 2. The molecule has 98 valence electrons. The van der Waals surface area contributed by atoms with Gasteiger partial charge in [0.15, 0.2) is 0 Å². The first-order valence-electron chi connectivity index (χ1n) is 6.10. The van der Waals surface area contributed by atoms with Crippen LogP contribution in [0.25, 0.3) is 0 Å². The van der Waals surface area contributed by atoms with Crippen molar-refractivity contribution in [1.29, 1.82) is 0 Å². The zero-order valence-corrected chi connectivity index (χ0v) is 10.6. The van der Waals surface area contributed by atoms with Crippen molar-refractivity contribution in [2.24, 2.45) is 5.92 Å². The monoisotopic (exact) mass is 250 g/mol. The molecule has 0 unspecified atom stereocenters. The molecule has 1 aromatic rings. The van der Waals surface area contributed by atoms with Crippen molar-refractivity contribution in [3.05, 3.63) is 12.5 Å². The van der Waals surface area contributed by atoms with E-state index in [1.807, 2.05) is 0 Å². The average molecular weight is 250 g/mol. The number of rotatable bonds is 3. The summed E-state index contributed by atoms with van der Waals surface area (Å²) in [4.78, 5) is 19.6. The zero-order valence-electron chi connectivity index (χ0n) is 10.6. The largest absolute Gasteiger partial charge is 0.479 e. The van der Waals surface area contributed by atoms with Crippen molar-refractivity contribution in [3.63, 3.8) is 0 Å². The Bertz CT molecular complexity index is 424. The van der Waals surface area contributed by atoms with Gasteiger partial charge in [0.1, 0.15) is 12.0 Å². The highest BCUT2D eigenvalue weighted by Crippen LogP contribution is 2.25. The lowest BCUT2D eigenvalue weighted by atomic mass is 10.1. The fourth-order valence-electron chi connectivity index (χ4n) is 2.25. The van der Waals surface area contributed by atoms with Crippen molar-refractivity contribution >= 4 is 11.7 Å². The van der Waals surface area contributed by atoms with Crippen LogP contribution in [-0.2, 0) is 0 Å². The summed E-state index contributed by atoms with van der Waals surface area (Å²) >= 11 is 0. The SMILES string of the molecule is COc1ncncc1NC(=O)N[C@@H]1CC[C@H](C)C1. The Morgan fingerprint density at radius 1 is 1.50 bits per heavy atom. The number of nitrogens with one attached hydrogen (secondary N) is 2.